The number of amides is 2. The average molecular weight is 311 g/mol. The van der Waals surface area contributed by atoms with Gasteiger partial charge in [0, 0.05) is 19.6 Å². The van der Waals surface area contributed by atoms with E-state index in [1.807, 2.05) is 13.0 Å². The summed E-state index contributed by atoms with van der Waals surface area (Å²) in [4.78, 5) is 25.3. The molecule has 1 atom stereocenters. The summed E-state index contributed by atoms with van der Waals surface area (Å²) in [5, 5.41) is 6.34. The molecule has 1 aromatic rings. The summed E-state index contributed by atoms with van der Waals surface area (Å²) in [6, 6.07) is 4.96. The van der Waals surface area contributed by atoms with Crippen LogP contribution in [0.3, 0.4) is 0 Å². The third-order valence-corrected chi connectivity index (χ3v) is 3.74. The van der Waals surface area contributed by atoms with Crippen LogP contribution in [0.25, 0.3) is 0 Å². The van der Waals surface area contributed by atoms with Crippen molar-refractivity contribution in [2.45, 2.75) is 13.0 Å². The summed E-state index contributed by atoms with van der Waals surface area (Å²) in [5.74, 6) is -0.641. The fourth-order valence-electron chi connectivity index (χ4n) is 2.31. The topological polar surface area (TPSA) is 87.5 Å². The first-order chi connectivity index (χ1) is 9.97. The molecular weight excluding hydrogens is 292 g/mol. The van der Waals surface area contributed by atoms with Gasteiger partial charge in [0.1, 0.15) is 6.04 Å². The van der Waals surface area contributed by atoms with Crippen LogP contribution in [0.1, 0.15) is 5.56 Å². The number of aryl methyl sites for hydroxylation is 1. The number of nitrogens with one attached hydrogen (secondary N) is 2. The van der Waals surface area contributed by atoms with E-state index in [1.165, 1.54) is 0 Å². The van der Waals surface area contributed by atoms with Crippen molar-refractivity contribution >= 4 is 29.1 Å². The van der Waals surface area contributed by atoms with Gasteiger partial charge in [-0.1, -0.05) is 17.7 Å². The smallest absolute Gasteiger partial charge is 0.238 e. The predicted molar refractivity (Wildman–Crippen MR) is 82.2 cm³/mol. The van der Waals surface area contributed by atoms with Gasteiger partial charge in [-0.05, 0) is 24.6 Å². The van der Waals surface area contributed by atoms with E-state index in [4.69, 9.17) is 17.3 Å². The summed E-state index contributed by atoms with van der Waals surface area (Å²) >= 11 is 6.08. The highest BCUT2D eigenvalue weighted by Gasteiger charge is 2.28. The summed E-state index contributed by atoms with van der Waals surface area (Å²) in [6.07, 6.45) is 0. The quantitative estimate of drug-likeness (QED) is 0.748. The van der Waals surface area contributed by atoms with Crippen molar-refractivity contribution in [3.05, 3.63) is 28.8 Å². The molecule has 1 aliphatic rings. The molecule has 0 spiro atoms. The van der Waals surface area contributed by atoms with Crippen molar-refractivity contribution in [3.8, 4) is 0 Å². The molecule has 0 radical (unpaired) electrons. The molecule has 1 fully saturated rings. The van der Waals surface area contributed by atoms with Crippen LogP contribution in [0, 0.1) is 6.92 Å². The summed E-state index contributed by atoms with van der Waals surface area (Å²) < 4.78 is 0. The van der Waals surface area contributed by atoms with Gasteiger partial charge in [-0.3, -0.25) is 14.5 Å². The first-order valence-electron chi connectivity index (χ1n) is 6.77. The lowest BCUT2D eigenvalue weighted by Gasteiger charge is -2.33. The lowest BCUT2D eigenvalue weighted by Crippen LogP contribution is -2.58. The van der Waals surface area contributed by atoms with E-state index < -0.39 is 11.9 Å². The van der Waals surface area contributed by atoms with E-state index in [0.717, 1.165) is 12.1 Å². The molecule has 4 N–H and O–H groups in total. The van der Waals surface area contributed by atoms with Crippen molar-refractivity contribution in [1.29, 1.82) is 0 Å². The molecule has 2 rings (SSSR count). The predicted octanol–water partition coefficient (Wildman–Crippen LogP) is 0.346. The number of nitrogens with two attached hydrogens (primary N) is 1. The lowest BCUT2D eigenvalue weighted by atomic mass is 10.2. The molecule has 7 heteroatoms. The molecule has 2 amide bonds. The largest absolute Gasteiger partial charge is 0.368 e. The highest BCUT2D eigenvalue weighted by atomic mass is 35.5. The van der Waals surface area contributed by atoms with Crippen LogP contribution in [-0.2, 0) is 9.59 Å². The molecule has 114 valence electrons. The Bertz CT molecular complexity index is 550. The second kappa shape index (κ2) is 6.89. The van der Waals surface area contributed by atoms with Gasteiger partial charge in [0.2, 0.25) is 11.8 Å². The van der Waals surface area contributed by atoms with Crippen LogP contribution in [0.2, 0.25) is 5.02 Å². The van der Waals surface area contributed by atoms with Crippen LogP contribution in [0.4, 0.5) is 5.69 Å². The van der Waals surface area contributed by atoms with E-state index in [0.29, 0.717) is 23.8 Å². The Balaban J connectivity index is 1.98. The summed E-state index contributed by atoms with van der Waals surface area (Å²) in [6.45, 7) is 3.83. The molecule has 1 aromatic carbocycles. The Labute approximate surface area is 128 Å². The van der Waals surface area contributed by atoms with Gasteiger partial charge in [0.05, 0.1) is 17.3 Å². The number of piperazine rings is 1. The number of anilines is 1. The minimum atomic E-state index is -0.460. The van der Waals surface area contributed by atoms with Crippen LogP contribution >= 0.6 is 11.6 Å². The SMILES string of the molecule is Cc1ccc(NC(=O)CN2CCNCC2C(N)=O)c(Cl)c1. The third-order valence-electron chi connectivity index (χ3n) is 3.43. The first kappa shape index (κ1) is 15.8. The van der Waals surface area contributed by atoms with E-state index in [2.05, 4.69) is 10.6 Å². The molecular formula is C14H19ClN4O2. The monoisotopic (exact) mass is 310 g/mol. The average Bonchev–Trinajstić information content (AvgIpc) is 2.42. The van der Waals surface area contributed by atoms with Gasteiger partial charge < -0.3 is 16.4 Å². The highest BCUT2D eigenvalue weighted by molar-refractivity contribution is 6.33. The molecule has 1 unspecified atom stereocenters. The molecule has 0 saturated carbocycles. The van der Waals surface area contributed by atoms with Crippen molar-refractivity contribution in [3.63, 3.8) is 0 Å². The van der Waals surface area contributed by atoms with E-state index >= 15 is 0 Å². The normalized spacial score (nSPS) is 19.2. The molecule has 1 saturated heterocycles. The molecule has 21 heavy (non-hydrogen) atoms. The molecule has 0 bridgehead atoms. The maximum atomic E-state index is 12.1. The van der Waals surface area contributed by atoms with Gasteiger partial charge in [-0.25, -0.2) is 0 Å². The van der Waals surface area contributed by atoms with Gasteiger partial charge in [-0.15, -0.1) is 0 Å². The fraction of sp³-hybridized carbons (Fsp3) is 0.429. The van der Waals surface area contributed by atoms with Crippen molar-refractivity contribution in [1.82, 2.24) is 10.2 Å². The minimum absolute atomic E-state index is 0.111. The van der Waals surface area contributed by atoms with Crippen LogP contribution in [0.5, 0.6) is 0 Å². The van der Waals surface area contributed by atoms with Gasteiger partial charge in [0.15, 0.2) is 0 Å². The number of nitrogens with zero attached hydrogens (tertiary/aromatic N) is 1. The number of halogens is 1. The molecule has 6 nitrogen and oxygen atoms in total. The number of hydrogen-bond acceptors (Lipinski definition) is 4. The number of hydrogen-bond donors (Lipinski definition) is 3. The van der Waals surface area contributed by atoms with Crippen LogP contribution < -0.4 is 16.4 Å². The second-order valence-corrected chi connectivity index (χ2v) is 5.53. The summed E-state index contributed by atoms with van der Waals surface area (Å²) in [5.41, 5.74) is 6.94. The van der Waals surface area contributed by atoms with Crippen molar-refractivity contribution in [2.24, 2.45) is 5.73 Å². The second-order valence-electron chi connectivity index (χ2n) is 5.12. The third kappa shape index (κ3) is 4.17. The molecule has 1 heterocycles. The Kier molecular flexibility index (Phi) is 5.17. The Morgan fingerprint density at radius 1 is 1.52 bits per heavy atom. The lowest BCUT2D eigenvalue weighted by molar-refractivity contribution is -0.125. The summed E-state index contributed by atoms with van der Waals surface area (Å²) in [7, 11) is 0. The van der Waals surface area contributed by atoms with Crippen LogP contribution in [0.15, 0.2) is 18.2 Å². The zero-order valence-corrected chi connectivity index (χ0v) is 12.6. The zero-order valence-electron chi connectivity index (χ0n) is 11.9. The zero-order chi connectivity index (χ0) is 15.4. The number of benzene rings is 1. The minimum Gasteiger partial charge on any atom is -0.368 e. The van der Waals surface area contributed by atoms with E-state index in [9.17, 15) is 9.59 Å². The Morgan fingerprint density at radius 2 is 2.29 bits per heavy atom. The van der Waals surface area contributed by atoms with Crippen molar-refractivity contribution < 1.29 is 9.59 Å². The standard InChI is InChI=1S/C14H19ClN4O2/c1-9-2-3-11(10(15)6-9)18-13(20)8-19-5-4-17-7-12(19)14(16)21/h2-3,6,12,17H,4-5,7-8H2,1H3,(H2,16,21)(H,18,20). The van der Waals surface area contributed by atoms with E-state index in [-0.39, 0.29) is 12.5 Å². The van der Waals surface area contributed by atoms with Gasteiger partial charge in [0.25, 0.3) is 0 Å². The van der Waals surface area contributed by atoms with Gasteiger partial charge in [-0.2, -0.15) is 0 Å². The number of carbonyl (C=O) groups excluding carboxylic acids is 2. The highest BCUT2D eigenvalue weighted by Crippen LogP contribution is 2.22. The maximum Gasteiger partial charge on any atom is 0.238 e. The number of rotatable bonds is 4. The Morgan fingerprint density at radius 3 is 2.95 bits per heavy atom. The van der Waals surface area contributed by atoms with E-state index in [1.54, 1.807) is 17.0 Å². The fourth-order valence-corrected chi connectivity index (χ4v) is 2.59. The van der Waals surface area contributed by atoms with Gasteiger partial charge >= 0.3 is 0 Å². The first-order valence-corrected chi connectivity index (χ1v) is 7.15. The molecule has 1 aliphatic heterocycles. The number of carbonyl (C=O) groups is 2. The Hall–Kier alpha value is -1.63. The maximum absolute atomic E-state index is 12.1. The molecule has 0 aliphatic carbocycles. The molecule has 0 aromatic heterocycles. The van der Waals surface area contributed by atoms with Crippen molar-refractivity contribution in [2.75, 3.05) is 31.5 Å². The van der Waals surface area contributed by atoms with Crippen LogP contribution in [-0.4, -0.2) is 48.9 Å². The number of primary amides is 1.